The predicted molar refractivity (Wildman–Crippen MR) is 115 cm³/mol. The average Bonchev–Trinajstić information content (AvgIpc) is 2.73. The molecule has 0 N–H and O–H groups in total. The lowest BCUT2D eigenvalue weighted by atomic mass is 9.93. The van der Waals surface area contributed by atoms with Gasteiger partial charge < -0.3 is 4.74 Å². The van der Waals surface area contributed by atoms with Gasteiger partial charge in [-0.1, -0.05) is 60.1 Å². The van der Waals surface area contributed by atoms with Gasteiger partial charge in [0.1, 0.15) is 23.2 Å². The van der Waals surface area contributed by atoms with Crippen LogP contribution in [0.3, 0.4) is 0 Å². The Morgan fingerprint density at radius 2 is 1.62 bits per heavy atom. The van der Waals surface area contributed by atoms with E-state index in [0.29, 0.717) is 27.6 Å². The van der Waals surface area contributed by atoms with Gasteiger partial charge in [0, 0.05) is 17.4 Å². The summed E-state index contributed by atoms with van der Waals surface area (Å²) in [6.45, 7) is 3.67. The maximum atomic E-state index is 15.0. The lowest BCUT2D eigenvalue weighted by Gasteiger charge is -2.15. The van der Waals surface area contributed by atoms with Crippen molar-refractivity contribution in [3.05, 3.63) is 119 Å². The number of hydrogen-bond donors (Lipinski definition) is 0. The molecule has 0 saturated carbocycles. The maximum absolute atomic E-state index is 15.0. The molecular formula is C25H21ClF2O. The fourth-order valence-electron chi connectivity index (χ4n) is 3.04. The van der Waals surface area contributed by atoms with Crippen molar-refractivity contribution in [3.8, 4) is 11.5 Å². The third-order valence-electron chi connectivity index (χ3n) is 4.48. The summed E-state index contributed by atoms with van der Waals surface area (Å²) in [4.78, 5) is 0. The molecule has 0 saturated heterocycles. The van der Waals surface area contributed by atoms with Crippen LogP contribution in [0, 0.1) is 0 Å². The normalized spacial score (nSPS) is 12.8. The van der Waals surface area contributed by atoms with Crippen LogP contribution >= 0.6 is 11.6 Å². The van der Waals surface area contributed by atoms with E-state index in [9.17, 15) is 8.78 Å². The highest BCUT2D eigenvalue weighted by molar-refractivity contribution is 6.30. The molecule has 3 aromatic carbocycles. The standard InChI is InChI=1S/C25H21ClF2O/c1-2-7-23(19-12-14-20(26)15-13-19)25(28)24(27)17-18-8-6-11-22(16-18)29-21-9-4-3-5-10-21/h2-6,8-16,23H,1,7,17H2/b25-24+. The molecular weight excluding hydrogens is 390 g/mol. The van der Waals surface area contributed by atoms with Gasteiger partial charge in [-0.3, -0.25) is 0 Å². The summed E-state index contributed by atoms with van der Waals surface area (Å²) in [6.07, 6.45) is 1.72. The number of para-hydroxylation sites is 1. The van der Waals surface area contributed by atoms with E-state index in [1.807, 2.05) is 30.3 Å². The highest BCUT2D eigenvalue weighted by Crippen LogP contribution is 2.34. The van der Waals surface area contributed by atoms with Gasteiger partial charge in [-0.2, -0.15) is 0 Å². The number of benzene rings is 3. The van der Waals surface area contributed by atoms with Crippen LogP contribution in [-0.2, 0) is 6.42 Å². The summed E-state index contributed by atoms with van der Waals surface area (Å²) in [7, 11) is 0. The lowest BCUT2D eigenvalue weighted by Crippen LogP contribution is -2.02. The molecule has 1 nitrogen and oxygen atoms in total. The Kier molecular flexibility index (Phi) is 7.20. The van der Waals surface area contributed by atoms with Crippen LogP contribution in [0.25, 0.3) is 0 Å². The summed E-state index contributed by atoms with van der Waals surface area (Å²) < 4.78 is 35.5. The molecule has 0 aliphatic heterocycles. The van der Waals surface area contributed by atoms with Crippen LogP contribution in [0.5, 0.6) is 11.5 Å². The highest BCUT2D eigenvalue weighted by Gasteiger charge is 2.20. The van der Waals surface area contributed by atoms with E-state index in [1.54, 1.807) is 54.6 Å². The molecule has 1 atom stereocenters. The van der Waals surface area contributed by atoms with Gasteiger partial charge in [0.2, 0.25) is 0 Å². The van der Waals surface area contributed by atoms with Crippen molar-refractivity contribution < 1.29 is 13.5 Å². The fourth-order valence-corrected chi connectivity index (χ4v) is 3.17. The molecule has 0 aliphatic rings. The quantitative estimate of drug-likeness (QED) is 0.340. The predicted octanol–water partition coefficient (Wildman–Crippen LogP) is 8.19. The topological polar surface area (TPSA) is 9.23 Å². The zero-order valence-corrected chi connectivity index (χ0v) is 16.6. The second-order valence-corrected chi connectivity index (χ2v) is 7.06. The first-order valence-electron chi connectivity index (χ1n) is 9.29. The number of halogens is 3. The highest BCUT2D eigenvalue weighted by atomic mass is 35.5. The SMILES string of the molecule is C=CCC(/C(F)=C(\F)Cc1cccc(Oc2ccccc2)c1)c1ccc(Cl)cc1. The largest absolute Gasteiger partial charge is 0.457 e. The molecule has 3 aromatic rings. The summed E-state index contributed by atoms with van der Waals surface area (Å²) in [5.74, 6) is -1.07. The van der Waals surface area contributed by atoms with E-state index in [-0.39, 0.29) is 12.8 Å². The number of hydrogen-bond acceptors (Lipinski definition) is 1. The van der Waals surface area contributed by atoms with Crippen molar-refractivity contribution in [1.82, 2.24) is 0 Å². The molecule has 4 heteroatoms. The van der Waals surface area contributed by atoms with Crippen LogP contribution < -0.4 is 4.74 Å². The van der Waals surface area contributed by atoms with Crippen molar-refractivity contribution >= 4 is 11.6 Å². The molecule has 148 valence electrons. The van der Waals surface area contributed by atoms with Crippen molar-refractivity contribution in [2.45, 2.75) is 18.8 Å². The Bertz CT molecular complexity index is 981. The van der Waals surface area contributed by atoms with E-state index in [2.05, 4.69) is 6.58 Å². The molecule has 0 heterocycles. The molecule has 29 heavy (non-hydrogen) atoms. The van der Waals surface area contributed by atoms with Crippen molar-refractivity contribution in [2.75, 3.05) is 0 Å². The van der Waals surface area contributed by atoms with Crippen LogP contribution in [0.1, 0.15) is 23.5 Å². The number of allylic oxidation sites excluding steroid dienone is 3. The summed E-state index contributed by atoms with van der Waals surface area (Å²) in [5, 5.41) is 0.547. The van der Waals surface area contributed by atoms with Crippen LogP contribution in [0.4, 0.5) is 8.78 Å². The second-order valence-electron chi connectivity index (χ2n) is 6.62. The zero-order valence-electron chi connectivity index (χ0n) is 15.8. The molecule has 0 aromatic heterocycles. The van der Waals surface area contributed by atoms with Crippen molar-refractivity contribution in [1.29, 1.82) is 0 Å². The van der Waals surface area contributed by atoms with Crippen LogP contribution in [0.15, 0.2) is 103 Å². The third kappa shape index (κ3) is 5.78. The summed E-state index contributed by atoms with van der Waals surface area (Å²) >= 11 is 5.90. The summed E-state index contributed by atoms with van der Waals surface area (Å²) in [5.41, 5.74) is 1.28. The summed E-state index contributed by atoms with van der Waals surface area (Å²) in [6, 6.07) is 23.0. The van der Waals surface area contributed by atoms with Gasteiger partial charge >= 0.3 is 0 Å². The molecule has 0 fully saturated rings. The molecule has 0 aliphatic carbocycles. The fraction of sp³-hybridized carbons (Fsp3) is 0.120. The molecule has 0 radical (unpaired) electrons. The van der Waals surface area contributed by atoms with E-state index in [4.69, 9.17) is 16.3 Å². The number of rotatable bonds is 8. The van der Waals surface area contributed by atoms with Crippen LogP contribution in [0.2, 0.25) is 5.02 Å². The van der Waals surface area contributed by atoms with E-state index < -0.39 is 17.6 Å². The van der Waals surface area contributed by atoms with E-state index >= 15 is 0 Å². The zero-order chi connectivity index (χ0) is 20.6. The minimum Gasteiger partial charge on any atom is -0.457 e. The first-order chi connectivity index (χ1) is 14.1. The first kappa shape index (κ1) is 20.8. The van der Waals surface area contributed by atoms with Crippen LogP contribution in [-0.4, -0.2) is 0 Å². The van der Waals surface area contributed by atoms with Gasteiger partial charge in [0.05, 0.1) is 0 Å². The lowest BCUT2D eigenvalue weighted by molar-refractivity contribution is 0.469. The minimum absolute atomic E-state index is 0.154. The molecule has 0 spiro atoms. The molecule has 3 rings (SSSR count). The Labute approximate surface area is 174 Å². The molecule has 0 amide bonds. The van der Waals surface area contributed by atoms with Crippen molar-refractivity contribution in [3.63, 3.8) is 0 Å². The van der Waals surface area contributed by atoms with Gasteiger partial charge in [0.25, 0.3) is 0 Å². The van der Waals surface area contributed by atoms with E-state index in [0.717, 1.165) is 0 Å². The van der Waals surface area contributed by atoms with Gasteiger partial charge in [-0.15, -0.1) is 6.58 Å². The smallest absolute Gasteiger partial charge is 0.139 e. The molecule has 0 bridgehead atoms. The Morgan fingerprint density at radius 1 is 0.931 bits per heavy atom. The minimum atomic E-state index is -0.802. The Hall–Kier alpha value is -2.91. The Morgan fingerprint density at radius 3 is 2.31 bits per heavy atom. The Balaban J connectivity index is 1.80. The van der Waals surface area contributed by atoms with Crippen molar-refractivity contribution in [2.24, 2.45) is 0 Å². The second kappa shape index (κ2) is 10.0. The monoisotopic (exact) mass is 410 g/mol. The van der Waals surface area contributed by atoms with Gasteiger partial charge in [0.15, 0.2) is 0 Å². The van der Waals surface area contributed by atoms with Gasteiger partial charge in [-0.25, -0.2) is 8.78 Å². The van der Waals surface area contributed by atoms with E-state index in [1.165, 1.54) is 0 Å². The third-order valence-corrected chi connectivity index (χ3v) is 4.73. The maximum Gasteiger partial charge on any atom is 0.139 e. The number of ether oxygens (including phenoxy) is 1. The first-order valence-corrected chi connectivity index (χ1v) is 9.67. The average molecular weight is 411 g/mol. The molecule has 1 unspecified atom stereocenters. The van der Waals surface area contributed by atoms with Gasteiger partial charge in [-0.05, 0) is 53.9 Å².